The Labute approximate surface area is 152 Å². The van der Waals surface area contributed by atoms with Crippen LogP contribution in [0.5, 0.6) is 5.88 Å². The lowest BCUT2D eigenvalue weighted by Gasteiger charge is -2.18. The highest BCUT2D eigenvalue weighted by atomic mass is 16.5. The molecule has 1 atom stereocenters. The minimum Gasteiger partial charge on any atom is -0.472 e. The summed E-state index contributed by atoms with van der Waals surface area (Å²) in [6, 6.07) is 19.9. The summed E-state index contributed by atoms with van der Waals surface area (Å²) in [5.41, 5.74) is 1.12. The molecule has 2 amide bonds. The molecule has 1 fully saturated rings. The molecule has 2 aromatic carbocycles. The second-order valence-electron chi connectivity index (χ2n) is 6.44. The number of likely N-dealkylation sites (tertiary alicyclic amines) is 1. The number of pyridine rings is 1. The van der Waals surface area contributed by atoms with E-state index in [1.165, 1.54) is 10.8 Å². The number of hydrogen-bond donors (Lipinski definition) is 1. The van der Waals surface area contributed by atoms with E-state index in [4.69, 9.17) is 4.74 Å². The van der Waals surface area contributed by atoms with Crippen LogP contribution in [-0.4, -0.2) is 35.1 Å². The van der Waals surface area contributed by atoms with Crippen LogP contribution in [0.25, 0.3) is 10.8 Å². The van der Waals surface area contributed by atoms with Gasteiger partial charge in [0.05, 0.1) is 6.54 Å². The van der Waals surface area contributed by atoms with Crippen molar-refractivity contribution in [3.63, 3.8) is 0 Å². The third-order valence-electron chi connectivity index (χ3n) is 4.67. The van der Waals surface area contributed by atoms with Crippen LogP contribution in [-0.2, 0) is 6.54 Å². The van der Waals surface area contributed by atoms with Crippen LogP contribution in [0.2, 0.25) is 0 Å². The zero-order valence-electron chi connectivity index (χ0n) is 14.5. The Kier molecular flexibility index (Phi) is 4.69. The molecule has 0 aliphatic carbocycles. The fourth-order valence-corrected chi connectivity index (χ4v) is 3.33. The zero-order valence-corrected chi connectivity index (χ0v) is 14.5. The van der Waals surface area contributed by atoms with Crippen LogP contribution < -0.4 is 10.1 Å². The maximum Gasteiger partial charge on any atom is 0.317 e. The van der Waals surface area contributed by atoms with Gasteiger partial charge in [-0.3, -0.25) is 0 Å². The van der Waals surface area contributed by atoms with Crippen molar-refractivity contribution in [3.8, 4) is 5.88 Å². The van der Waals surface area contributed by atoms with Crippen molar-refractivity contribution in [2.45, 2.75) is 19.1 Å². The van der Waals surface area contributed by atoms with E-state index in [1.54, 1.807) is 11.1 Å². The van der Waals surface area contributed by atoms with Gasteiger partial charge in [-0.05, 0) is 22.4 Å². The van der Waals surface area contributed by atoms with Crippen molar-refractivity contribution >= 4 is 16.8 Å². The number of carbonyl (C=O) groups is 1. The van der Waals surface area contributed by atoms with E-state index in [1.807, 2.05) is 36.4 Å². The number of carbonyl (C=O) groups excluding carboxylic acids is 1. The van der Waals surface area contributed by atoms with Gasteiger partial charge < -0.3 is 15.0 Å². The first-order valence-corrected chi connectivity index (χ1v) is 8.87. The summed E-state index contributed by atoms with van der Waals surface area (Å²) in [5, 5.41) is 5.39. The smallest absolute Gasteiger partial charge is 0.317 e. The molecule has 4 rings (SSSR count). The highest BCUT2D eigenvalue weighted by molar-refractivity contribution is 5.86. The van der Waals surface area contributed by atoms with E-state index in [2.05, 4.69) is 34.6 Å². The van der Waals surface area contributed by atoms with Crippen molar-refractivity contribution in [1.82, 2.24) is 15.2 Å². The Morgan fingerprint density at radius 1 is 1.12 bits per heavy atom. The first-order chi connectivity index (χ1) is 12.8. The minimum atomic E-state index is -0.0509. The van der Waals surface area contributed by atoms with Gasteiger partial charge in [-0.25, -0.2) is 9.78 Å². The van der Waals surface area contributed by atoms with Crippen LogP contribution in [0, 0.1) is 0 Å². The number of hydrogen-bond acceptors (Lipinski definition) is 3. The summed E-state index contributed by atoms with van der Waals surface area (Å²) in [7, 11) is 0. The van der Waals surface area contributed by atoms with Crippen molar-refractivity contribution < 1.29 is 9.53 Å². The third-order valence-corrected chi connectivity index (χ3v) is 4.67. The lowest BCUT2D eigenvalue weighted by molar-refractivity contribution is 0.183. The predicted molar refractivity (Wildman–Crippen MR) is 101 cm³/mol. The van der Waals surface area contributed by atoms with Gasteiger partial charge >= 0.3 is 6.03 Å². The summed E-state index contributed by atoms with van der Waals surface area (Å²) < 4.78 is 5.84. The number of amides is 2. The number of nitrogens with zero attached hydrogens (tertiary/aromatic N) is 2. The summed E-state index contributed by atoms with van der Waals surface area (Å²) in [5.74, 6) is 0.607. The van der Waals surface area contributed by atoms with E-state index >= 15 is 0 Å². The molecule has 1 aromatic heterocycles. The van der Waals surface area contributed by atoms with Gasteiger partial charge in [0.25, 0.3) is 0 Å². The van der Waals surface area contributed by atoms with Crippen LogP contribution in [0.15, 0.2) is 66.9 Å². The number of fused-ring (bicyclic) bond motifs is 1. The van der Waals surface area contributed by atoms with Crippen molar-refractivity contribution in [3.05, 3.63) is 72.4 Å². The Balaban J connectivity index is 1.34. The Morgan fingerprint density at radius 3 is 2.85 bits per heavy atom. The topological polar surface area (TPSA) is 54.5 Å². The number of nitrogens with one attached hydrogen (secondary N) is 1. The quantitative estimate of drug-likeness (QED) is 0.785. The molecule has 5 heteroatoms. The molecule has 0 bridgehead atoms. The van der Waals surface area contributed by atoms with E-state index in [0.717, 1.165) is 12.0 Å². The zero-order chi connectivity index (χ0) is 17.8. The largest absolute Gasteiger partial charge is 0.472 e. The van der Waals surface area contributed by atoms with Crippen LogP contribution in [0.1, 0.15) is 12.0 Å². The van der Waals surface area contributed by atoms with E-state index < -0.39 is 0 Å². The maximum atomic E-state index is 12.5. The first-order valence-electron chi connectivity index (χ1n) is 8.87. The van der Waals surface area contributed by atoms with Crippen LogP contribution in [0.3, 0.4) is 0 Å². The molecule has 0 radical (unpaired) electrons. The molecule has 0 spiro atoms. The molecular formula is C21H21N3O2. The normalized spacial score (nSPS) is 16.6. The average Bonchev–Trinajstić information content (AvgIpc) is 3.15. The van der Waals surface area contributed by atoms with Gasteiger partial charge in [0.1, 0.15) is 6.10 Å². The molecule has 0 saturated carbocycles. The first kappa shape index (κ1) is 16.4. The predicted octanol–water partition coefficient (Wildman–Crippen LogP) is 3.60. The van der Waals surface area contributed by atoms with Crippen molar-refractivity contribution in [2.75, 3.05) is 13.1 Å². The number of rotatable bonds is 4. The van der Waals surface area contributed by atoms with Crippen LogP contribution in [0.4, 0.5) is 4.79 Å². The fraction of sp³-hybridized carbons (Fsp3) is 0.238. The monoisotopic (exact) mass is 347 g/mol. The minimum absolute atomic E-state index is 0.00629. The average molecular weight is 347 g/mol. The number of ether oxygens (including phenoxy) is 1. The molecule has 2 heterocycles. The molecular weight excluding hydrogens is 326 g/mol. The highest BCUT2D eigenvalue weighted by Crippen LogP contribution is 2.19. The van der Waals surface area contributed by atoms with E-state index in [0.29, 0.717) is 25.5 Å². The van der Waals surface area contributed by atoms with Gasteiger partial charge in [0.2, 0.25) is 5.88 Å². The van der Waals surface area contributed by atoms with Crippen molar-refractivity contribution in [1.29, 1.82) is 0 Å². The van der Waals surface area contributed by atoms with Gasteiger partial charge in [0.15, 0.2) is 0 Å². The fourth-order valence-electron chi connectivity index (χ4n) is 3.33. The molecule has 1 saturated heterocycles. The summed E-state index contributed by atoms with van der Waals surface area (Å²) in [6.07, 6.45) is 2.52. The van der Waals surface area contributed by atoms with Gasteiger partial charge in [-0.1, -0.05) is 48.5 Å². The SMILES string of the molecule is O=C(NCc1cccc2ccccc12)N1CCC(Oc2ccccn2)C1. The standard InChI is InChI=1S/C21H21N3O2/c25-21(23-14-17-8-5-7-16-6-1-2-9-19(16)17)24-13-11-18(15-24)26-20-10-3-4-12-22-20/h1-10,12,18H,11,13-15H2,(H,23,25). The Morgan fingerprint density at radius 2 is 1.96 bits per heavy atom. The lowest BCUT2D eigenvalue weighted by Crippen LogP contribution is -2.39. The van der Waals surface area contributed by atoms with E-state index in [-0.39, 0.29) is 12.1 Å². The molecule has 1 N–H and O–H groups in total. The number of aromatic nitrogens is 1. The second kappa shape index (κ2) is 7.44. The maximum absolute atomic E-state index is 12.5. The molecule has 3 aromatic rings. The Bertz CT molecular complexity index is 893. The molecule has 26 heavy (non-hydrogen) atoms. The van der Waals surface area contributed by atoms with Crippen LogP contribution >= 0.6 is 0 Å². The van der Waals surface area contributed by atoms with Crippen molar-refractivity contribution in [2.24, 2.45) is 0 Å². The summed E-state index contributed by atoms with van der Waals surface area (Å²) in [4.78, 5) is 18.5. The molecule has 5 nitrogen and oxygen atoms in total. The second-order valence-corrected chi connectivity index (χ2v) is 6.44. The third kappa shape index (κ3) is 3.61. The molecule has 1 unspecified atom stereocenters. The molecule has 1 aliphatic heterocycles. The molecule has 132 valence electrons. The van der Waals surface area contributed by atoms with Gasteiger partial charge in [0, 0.05) is 31.8 Å². The van der Waals surface area contributed by atoms with Gasteiger partial charge in [-0.15, -0.1) is 0 Å². The highest BCUT2D eigenvalue weighted by Gasteiger charge is 2.27. The Hall–Kier alpha value is -3.08. The number of benzene rings is 2. The van der Waals surface area contributed by atoms with E-state index in [9.17, 15) is 4.79 Å². The summed E-state index contributed by atoms with van der Waals surface area (Å²) in [6.45, 7) is 1.79. The molecule has 1 aliphatic rings. The lowest BCUT2D eigenvalue weighted by atomic mass is 10.0. The van der Waals surface area contributed by atoms with Gasteiger partial charge in [-0.2, -0.15) is 0 Å². The summed E-state index contributed by atoms with van der Waals surface area (Å²) >= 11 is 0. The number of urea groups is 1.